The van der Waals surface area contributed by atoms with E-state index in [4.69, 9.17) is 14.2 Å². The number of hydrogen-bond acceptors (Lipinski definition) is 6. The molecule has 476 valence electrons. The van der Waals surface area contributed by atoms with Crippen LogP contribution in [0, 0.1) is 0 Å². The Balaban J connectivity index is 4.27. The lowest BCUT2D eigenvalue weighted by Gasteiger charge is -2.18. The molecule has 1 unspecified atom stereocenters. The van der Waals surface area contributed by atoms with E-state index in [2.05, 4.69) is 93.7 Å². The number of carbonyl (C=O) groups is 3. The molecule has 0 aliphatic carbocycles. The van der Waals surface area contributed by atoms with Gasteiger partial charge in [-0.15, -0.1) is 0 Å². The second kappa shape index (κ2) is 70.3. The Hall–Kier alpha value is -3.15. The molecule has 0 aliphatic rings. The van der Waals surface area contributed by atoms with E-state index < -0.39 is 6.10 Å². The summed E-state index contributed by atoms with van der Waals surface area (Å²) in [5.41, 5.74) is 0. The van der Waals surface area contributed by atoms with Crippen molar-refractivity contribution in [2.24, 2.45) is 0 Å². The van der Waals surface area contributed by atoms with Gasteiger partial charge in [0, 0.05) is 19.3 Å². The van der Waals surface area contributed by atoms with Gasteiger partial charge >= 0.3 is 17.9 Å². The molecule has 0 N–H and O–H groups in total. The lowest BCUT2D eigenvalue weighted by atomic mass is 10.0. The highest BCUT2D eigenvalue weighted by Crippen LogP contribution is 2.18. The van der Waals surface area contributed by atoms with E-state index in [1.807, 2.05) is 0 Å². The highest BCUT2D eigenvalue weighted by atomic mass is 16.6. The first kappa shape index (κ1) is 78.8. The van der Waals surface area contributed by atoms with Crippen molar-refractivity contribution in [3.63, 3.8) is 0 Å². The number of esters is 3. The molecule has 0 amide bonds. The molecule has 0 aromatic carbocycles. The van der Waals surface area contributed by atoms with E-state index in [0.29, 0.717) is 19.3 Å². The number of hydrogen-bond donors (Lipinski definition) is 0. The van der Waals surface area contributed by atoms with Crippen molar-refractivity contribution in [1.29, 1.82) is 0 Å². The minimum Gasteiger partial charge on any atom is -0.462 e. The number of rotatable bonds is 66. The molecule has 0 bridgehead atoms. The predicted octanol–water partition coefficient (Wildman–Crippen LogP) is 24.8. The molecule has 1 atom stereocenters. The van der Waals surface area contributed by atoms with Crippen LogP contribution >= 0.6 is 0 Å². The van der Waals surface area contributed by atoms with Crippen LogP contribution in [-0.4, -0.2) is 37.2 Å². The van der Waals surface area contributed by atoms with Crippen LogP contribution in [0.1, 0.15) is 374 Å². The molecule has 0 radical (unpaired) electrons. The van der Waals surface area contributed by atoms with E-state index in [1.54, 1.807) is 0 Å². The Bertz CT molecular complexity index is 1500. The Kier molecular flexibility index (Phi) is 67.6. The number of unbranched alkanes of at least 4 members (excludes halogenated alkanes) is 43. The normalized spacial score (nSPS) is 12.5. The topological polar surface area (TPSA) is 78.9 Å². The second-order valence-electron chi connectivity index (χ2n) is 24.1. The maximum Gasteiger partial charge on any atom is 0.306 e. The predicted molar refractivity (Wildman–Crippen MR) is 358 cm³/mol. The van der Waals surface area contributed by atoms with Gasteiger partial charge in [-0.05, 0) is 109 Å². The fourth-order valence-corrected chi connectivity index (χ4v) is 10.5. The zero-order valence-corrected chi connectivity index (χ0v) is 54.8. The first-order chi connectivity index (χ1) is 40.5. The van der Waals surface area contributed by atoms with E-state index in [-0.39, 0.29) is 31.1 Å². The van der Waals surface area contributed by atoms with Crippen LogP contribution in [0.25, 0.3) is 0 Å². The second-order valence-corrected chi connectivity index (χ2v) is 24.1. The van der Waals surface area contributed by atoms with Crippen molar-refractivity contribution in [2.75, 3.05) is 13.2 Å². The van der Waals surface area contributed by atoms with Gasteiger partial charge in [0.25, 0.3) is 0 Å². The van der Waals surface area contributed by atoms with Gasteiger partial charge in [-0.25, -0.2) is 0 Å². The van der Waals surface area contributed by atoms with Gasteiger partial charge in [0.2, 0.25) is 0 Å². The third-order valence-electron chi connectivity index (χ3n) is 15.9. The summed E-state index contributed by atoms with van der Waals surface area (Å²) in [4.78, 5) is 38.5. The van der Waals surface area contributed by atoms with Gasteiger partial charge in [0.1, 0.15) is 13.2 Å². The van der Waals surface area contributed by atoms with Gasteiger partial charge in [0.05, 0.1) is 0 Å². The third kappa shape index (κ3) is 67.6. The standard InChI is InChI=1S/C76H136O6/c1-4-7-10-13-16-19-22-25-28-31-33-34-35-36-37-38-39-40-41-42-43-46-48-51-54-57-60-63-66-69-75(78)81-72-73(71-80-74(77)68-65-62-59-56-53-50-47-44-30-27-24-21-18-15-12-9-6-3)82-76(79)70-67-64-61-58-55-52-49-45-32-29-26-23-20-17-14-11-8-5-2/h7,10,16,19,25,27-30,32-34,73H,4-6,8-9,11-15,17-18,20-24,26,31,35-72H2,1-3H3/b10-7-,19-16-,28-25-,30-27-,32-29-,34-33-. The van der Waals surface area contributed by atoms with E-state index >= 15 is 0 Å². The SMILES string of the molecule is CC/C=C\C/C=C\C/C=C\C/C=C\CCCCCCCCCCCCCCCCCCC(=O)OCC(COC(=O)CCCCCCCCC/C=C\CCCCCCCC)OC(=O)CCCCCCCCC/C=C\CCCCCCCCC. The zero-order valence-electron chi connectivity index (χ0n) is 54.8. The molecule has 0 aromatic rings. The highest BCUT2D eigenvalue weighted by molar-refractivity contribution is 5.71. The van der Waals surface area contributed by atoms with Gasteiger partial charge < -0.3 is 14.2 Å². The van der Waals surface area contributed by atoms with Gasteiger partial charge in [-0.2, -0.15) is 0 Å². The van der Waals surface area contributed by atoms with Crippen molar-refractivity contribution in [2.45, 2.75) is 380 Å². The van der Waals surface area contributed by atoms with Gasteiger partial charge in [-0.3, -0.25) is 14.4 Å². The number of carbonyl (C=O) groups excluding carboxylic acids is 3. The maximum absolute atomic E-state index is 13.0. The van der Waals surface area contributed by atoms with Crippen molar-refractivity contribution >= 4 is 17.9 Å². The molecule has 0 heterocycles. The largest absolute Gasteiger partial charge is 0.462 e. The van der Waals surface area contributed by atoms with Crippen LogP contribution < -0.4 is 0 Å². The Morgan fingerprint density at radius 2 is 0.476 bits per heavy atom. The summed E-state index contributed by atoms with van der Waals surface area (Å²) in [6.45, 7) is 6.57. The minimum absolute atomic E-state index is 0.0746. The summed E-state index contributed by atoms with van der Waals surface area (Å²) < 4.78 is 17.0. The van der Waals surface area contributed by atoms with Crippen LogP contribution in [0.15, 0.2) is 72.9 Å². The summed E-state index contributed by atoms with van der Waals surface area (Å²) in [5, 5.41) is 0. The smallest absolute Gasteiger partial charge is 0.306 e. The summed E-state index contributed by atoms with van der Waals surface area (Å²) in [6, 6.07) is 0. The fourth-order valence-electron chi connectivity index (χ4n) is 10.5. The number of allylic oxidation sites excluding steroid dienone is 12. The summed E-state index contributed by atoms with van der Waals surface area (Å²) in [6.07, 6.45) is 92.1. The minimum atomic E-state index is -0.779. The monoisotopic (exact) mass is 1150 g/mol. The Morgan fingerprint density at radius 1 is 0.256 bits per heavy atom. The molecule has 0 rings (SSSR count). The van der Waals surface area contributed by atoms with Crippen molar-refractivity contribution in [3.05, 3.63) is 72.9 Å². The Labute approximate surface area is 510 Å². The lowest BCUT2D eigenvalue weighted by molar-refractivity contribution is -0.167. The van der Waals surface area contributed by atoms with Gasteiger partial charge in [-0.1, -0.05) is 318 Å². The molecular weight excluding hydrogens is 1010 g/mol. The number of ether oxygens (including phenoxy) is 3. The lowest BCUT2D eigenvalue weighted by Crippen LogP contribution is -2.30. The van der Waals surface area contributed by atoms with E-state index in [0.717, 1.165) is 83.5 Å². The summed E-state index contributed by atoms with van der Waals surface area (Å²) in [7, 11) is 0. The van der Waals surface area contributed by atoms with Crippen molar-refractivity contribution in [1.82, 2.24) is 0 Å². The van der Waals surface area contributed by atoms with Crippen molar-refractivity contribution < 1.29 is 28.6 Å². The molecule has 0 spiro atoms. The van der Waals surface area contributed by atoms with Gasteiger partial charge in [0.15, 0.2) is 6.10 Å². The average Bonchev–Trinajstić information content (AvgIpc) is 3.47. The molecule has 0 fully saturated rings. The quantitative estimate of drug-likeness (QED) is 0.0261. The van der Waals surface area contributed by atoms with E-state index in [1.165, 1.54) is 250 Å². The average molecular weight is 1150 g/mol. The molecular formula is C76H136O6. The molecule has 6 heteroatoms. The zero-order chi connectivity index (χ0) is 59.2. The molecule has 0 aromatic heterocycles. The summed E-state index contributed by atoms with van der Waals surface area (Å²) in [5.74, 6) is -0.860. The molecule has 0 saturated carbocycles. The first-order valence-corrected chi connectivity index (χ1v) is 35.9. The van der Waals surface area contributed by atoms with Crippen LogP contribution in [-0.2, 0) is 28.6 Å². The molecule has 82 heavy (non-hydrogen) atoms. The van der Waals surface area contributed by atoms with Crippen molar-refractivity contribution in [3.8, 4) is 0 Å². The molecule has 0 aliphatic heterocycles. The van der Waals surface area contributed by atoms with E-state index in [9.17, 15) is 14.4 Å². The van der Waals surface area contributed by atoms with Crippen LogP contribution in [0.3, 0.4) is 0 Å². The van der Waals surface area contributed by atoms with Crippen LogP contribution in [0.4, 0.5) is 0 Å². The first-order valence-electron chi connectivity index (χ1n) is 35.9. The molecule has 6 nitrogen and oxygen atoms in total. The molecule has 0 saturated heterocycles. The van der Waals surface area contributed by atoms with Crippen LogP contribution in [0.5, 0.6) is 0 Å². The third-order valence-corrected chi connectivity index (χ3v) is 15.9. The summed E-state index contributed by atoms with van der Waals surface area (Å²) >= 11 is 0. The highest BCUT2D eigenvalue weighted by Gasteiger charge is 2.19. The maximum atomic E-state index is 13.0. The fraction of sp³-hybridized carbons (Fsp3) is 0.803. The Morgan fingerprint density at radius 3 is 0.756 bits per heavy atom. The van der Waals surface area contributed by atoms with Crippen LogP contribution in [0.2, 0.25) is 0 Å².